The van der Waals surface area contributed by atoms with Crippen molar-refractivity contribution in [3.63, 3.8) is 0 Å². The van der Waals surface area contributed by atoms with Crippen molar-refractivity contribution >= 4 is 6.03 Å². The van der Waals surface area contributed by atoms with Gasteiger partial charge in [-0.25, -0.2) is 4.79 Å². The summed E-state index contributed by atoms with van der Waals surface area (Å²) in [6.07, 6.45) is 2.27. The minimum atomic E-state index is -1.67. The first-order valence-electron chi connectivity index (χ1n) is 6.04. The van der Waals surface area contributed by atoms with E-state index in [9.17, 15) is 20.1 Å². The highest BCUT2D eigenvalue weighted by atomic mass is 16.6. The van der Waals surface area contributed by atoms with Crippen molar-refractivity contribution in [1.82, 2.24) is 10.2 Å². The maximum atomic E-state index is 11.8. The number of ether oxygens (including phenoxy) is 1. The minimum Gasteiger partial charge on any atom is -0.391 e. The lowest BCUT2D eigenvalue weighted by atomic mass is 9.90. The molecule has 8 nitrogen and oxygen atoms in total. The van der Waals surface area contributed by atoms with Gasteiger partial charge in [0.1, 0.15) is 18.4 Å². The van der Waals surface area contributed by atoms with Gasteiger partial charge in [-0.05, 0) is 13.0 Å². The Morgan fingerprint density at radius 2 is 2.30 bits per heavy atom. The van der Waals surface area contributed by atoms with Crippen LogP contribution in [0.15, 0.2) is 12.3 Å². The van der Waals surface area contributed by atoms with Crippen LogP contribution in [0.1, 0.15) is 6.92 Å². The molecule has 0 saturated carbocycles. The monoisotopic (exact) mass is 283 g/mol. The predicted octanol–water partition coefficient (Wildman–Crippen LogP) is -2.36. The molecule has 2 heterocycles. The fourth-order valence-electron chi connectivity index (χ4n) is 2.26. The van der Waals surface area contributed by atoms with Gasteiger partial charge in [-0.1, -0.05) is 5.92 Å². The Morgan fingerprint density at radius 1 is 1.65 bits per heavy atom. The SMILES string of the molecule is C#CC1(N)[C@@H](O)[C@@H]([C@H](C)O)O[C@H]1N1C=CC(O)NC1=O. The van der Waals surface area contributed by atoms with E-state index >= 15 is 0 Å². The summed E-state index contributed by atoms with van der Waals surface area (Å²) in [5.74, 6) is 2.23. The molecule has 1 saturated heterocycles. The number of aliphatic hydroxyl groups is 3. The van der Waals surface area contributed by atoms with E-state index in [4.69, 9.17) is 16.9 Å². The lowest BCUT2D eigenvalue weighted by Crippen LogP contribution is -2.63. The summed E-state index contributed by atoms with van der Waals surface area (Å²) in [6, 6.07) is -0.673. The second-order valence-corrected chi connectivity index (χ2v) is 4.86. The number of nitrogens with two attached hydrogens (primary N) is 1. The number of terminal acetylenes is 1. The number of nitrogens with zero attached hydrogens (tertiary/aromatic N) is 1. The number of hydrogen-bond donors (Lipinski definition) is 5. The molecule has 2 aliphatic rings. The predicted molar refractivity (Wildman–Crippen MR) is 67.6 cm³/mol. The van der Waals surface area contributed by atoms with E-state index in [1.165, 1.54) is 19.2 Å². The summed E-state index contributed by atoms with van der Waals surface area (Å²) in [5, 5.41) is 31.2. The molecule has 2 unspecified atom stereocenters. The summed E-state index contributed by atoms with van der Waals surface area (Å²) in [7, 11) is 0. The molecule has 6 atom stereocenters. The molecule has 110 valence electrons. The van der Waals surface area contributed by atoms with Crippen molar-refractivity contribution in [2.45, 2.75) is 43.2 Å². The van der Waals surface area contributed by atoms with E-state index in [-0.39, 0.29) is 0 Å². The van der Waals surface area contributed by atoms with Crippen molar-refractivity contribution in [3.8, 4) is 12.3 Å². The molecule has 8 heteroatoms. The number of urea groups is 1. The fraction of sp³-hybridized carbons (Fsp3) is 0.583. The second-order valence-electron chi connectivity index (χ2n) is 4.86. The molecular formula is C12H17N3O5. The van der Waals surface area contributed by atoms with Crippen LogP contribution in [0.2, 0.25) is 0 Å². The van der Waals surface area contributed by atoms with Crippen LogP contribution in [-0.2, 0) is 4.74 Å². The van der Waals surface area contributed by atoms with Crippen LogP contribution in [0.25, 0.3) is 0 Å². The topological polar surface area (TPSA) is 128 Å². The van der Waals surface area contributed by atoms with Crippen molar-refractivity contribution in [1.29, 1.82) is 0 Å². The van der Waals surface area contributed by atoms with E-state index in [0.717, 1.165) is 4.90 Å². The van der Waals surface area contributed by atoms with Crippen molar-refractivity contribution in [3.05, 3.63) is 12.3 Å². The van der Waals surface area contributed by atoms with Gasteiger partial charge < -0.3 is 31.1 Å². The normalized spacial score (nSPS) is 42.2. The zero-order valence-electron chi connectivity index (χ0n) is 10.8. The summed E-state index contributed by atoms with van der Waals surface area (Å²) < 4.78 is 5.45. The number of rotatable bonds is 2. The standard InChI is InChI=1S/C12H17N3O5/c1-3-12(13)9(18)8(6(2)16)20-10(12)15-5-4-7(17)14-11(15)19/h1,4-10,16-18H,13H2,2H3,(H,14,19)/t6-,7?,8+,9-,10+,12?/m0/s1. The van der Waals surface area contributed by atoms with E-state index in [0.29, 0.717) is 0 Å². The van der Waals surface area contributed by atoms with Crippen molar-refractivity contribution in [2.75, 3.05) is 0 Å². The molecule has 2 aliphatic heterocycles. The van der Waals surface area contributed by atoms with E-state index < -0.39 is 42.3 Å². The largest absolute Gasteiger partial charge is 0.391 e. The summed E-state index contributed by atoms with van der Waals surface area (Å²) in [6.45, 7) is 1.42. The van der Waals surface area contributed by atoms with Crippen LogP contribution in [0.3, 0.4) is 0 Å². The van der Waals surface area contributed by atoms with Crippen LogP contribution in [0.4, 0.5) is 4.79 Å². The molecule has 2 rings (SSSR count). The quantitative estimate of drug-likeness (QED) is 0.361. The minimum absolute atomic E-state index is 0.673. The maximum Gasteiger partial charge on any atom is 0.325 e. The van der Waals surface area contributed by atoms with Crippen molar-refractivity contribution < 1.29 is 24.9 Å². The number of amides is 2. The molecule has 1 fully saturated rings. The summed E-state index contributed by atoms with van der Waals surface area (Å²) >= 11 is 0. The molecule has 20 heavy (non-hydrogen) atoms. The smallest absolute Gasteiger partial charge is 0.325 e. The highest BCUT2D eigenvalue weighted by Crippen LogP contribution is 2.33. The zero-order valence-corrected chi connectivity index (χ0v) is 10.8. The molecule has 2 amide bonds. The lowest BCUT2D eigenvalue weighted by Gasteiger charge is -2.35. The Bertz CT molecular complexity index is 474. The summed E-state index contributed by atoms with van der Waals surface area (Å²) in [5.41, 5.74) is 4.29. The third-order valence-corrected chi connectivity index (χ3v) is 3.41. The average molecular weight is 283 g/mol. The second kappa shape index (κ2) is 5.05. The Balaban J connectivity index is 2.33. The molecule has 0 bridgehead atoms. The van der Waals surface area contributed by atoms with Gasteiger partial charge >= 0.3 is 6.03 Å². The van der Waals surface area contributed by atoms with Crippen LogP contribution < -0.4 is 11.1 Å². The van der Waals surface area contributed by atoms with Crippen LogP contribution >= 0.6 is 0 Å². The molecule has 6 N–H and O–H groups in total. The first-order valence-corrected chi connectivity index (χ1v) is 6.04. The van der Waals surface area contributed by atoms with Crippen molar-refractivity contribution in [2.24, 2.45) is 5.73 Å². The molecule has 0 aromatic rings. The van der Waals surface area contributed by atoms with E-state index in [1.54, 1.807) is 0 Å². The van der Waals surface area contributed by atoms with E-state index in [2.05, 4.69) is 11.2 Å². The molecule has 0 radical (unpaired) electrons. The molecule has 0 aromatic carbocycles. The van der Waals surface area contributed by atoms with Gasteiger partial charge in [0.25, 0.3) is 0 Å². The van der Waals surface area contributed by atoms with Crippen LogP contribution in [-0.4, -0.2) is 62.6 Å². The van der Waals surface area contributed by atoms with Gasteiger partial charge in [0.2, 0.25) is 0 Å². The fourth-order valence-corrected chi connectivity index (χ4v) is 2.26. The van der Waals surface area contributed by atoms with Crippen LogP contribution in [0.5, 0.6) is 0 Å². The van der Waals surface area contributed by atoms with E-state index in [1.807, 2.05) is 0 Å². The zero-order chi connectivity index (χ0) is 15.1. The van der Waals surface area contributed by atoms with Crippen LogP contribution in [0, 0.1) is 12.3 Å². The molecule has 0 aromatic heterocycles. The third kappa shape index (κ3) is 2.15. The average Bonchev–Trinajstić information content (AvgIpc) is 2.64. The molecule has 0 spiro atoms. The van der Waals surface area contributed by atoms with Gasteiger partial charge in [0.15, 0.2) is 11.8 Å². The highest BCUT2D eigenvalue weighted by molar-refractivity contribution is 5.77. The highest BCUT2D eigenvalue weighted by Gasteiger charge is 2.57. The number of nitrogens with one attached hydrogen (secondary N) is 1. The maximum absolute atomic E-state index is 11.8. The number of hydrogen-bond acceptors (Lipinski definition) is 6. The first-order chi connectivity index (χ1) is 9.31. The Hall–Kier alpha value is -1.63. The Kier molecular flexibility index (Phi) is 3.73. The number of carbonyl (C=O) groups excluding carboxylic acids is 1. The Morgan fingerprint density at radius 3 is 2.80 bits per heavy atom. The molecule has 0 aliphatic carbocycles. The Labute approximate surface area is 115 Å². The van der Waals surface area contributed by atoms with Gasteiger partial charge in [-0.15, -0.1) is 6.42 Å². The number of aliphatic hydroxyl groups excluding tert-OH is 3. The first kappa shape index (κ1) is 14.8. The van der Waals surface area contributed by atoms with Gasteiger partial charge in [0.05, 0.1) is 6.10 Å². The number of carbonyl (C=O) groups is 1. The molecular weight excluding hydrogens is 266 g/mol. The van der Waals surface area contributed by atoms with Gasteiger partial charge in [-0.2, -0.15) is 0 Å². The van der Waals surface area contributed by atoms with Gasteiger partial charge in [-0.3, -0.25) is 4.90 Å². The lowest BCUT2D eigenvalue weighted by molar-refractivity contribution is -0.0845. The third-order valence-electron chi connectivity index (χ3n) is 3.41. The summed E-state index contributed by atoms with van der Waals surface area (Å²) in [4.78, 5) is 12.9. The van der Waals surface area contributed by atoms with Gasteiger partial charge in [0, 0.05) is 6.20 Å².